The van der Waals surface area contributed by atoms with E-state index in [2.05, 4.69) is 64.5 Å². The number of carbonyl (C=O) groups is 2. The van der Waals surface area contributed by atoms with Crippen LogP contribution in [0, 0.1) is 5.92 Å². The molecule has 10 nitrogen and oxygen atoms in total. The van der Waals surface area contributed by atoms with Crippen LogP contribution in [0.15, 0.2) is 114 Å². The van der Waals surface area contributed by atoms with E-state index in [1.165, 1.54) is 5.19 Å². The topological polar surface area (TPSA) is 110 Å². The Morgan fingerprint density at radius 1 is 0.947 bits per heavy atom. The third-order valence-corrected chi connectivity index (χ3v) is 17.3. The van der Waals surface area contributed by atoms with Crippen LogP contribution in [0.2, 0.25) is 18.6 Å². The molecule has 6 aromatic rings. The molecule has 2 amide bonds. The summed E-state index contributed by atoms with van der Waals surface area (Å²) in [7, 11) is -0.671. The van der Waals surface area contributed by atoms with Crippen LogP contribution in [0.1, 0.15) is 40.5 Å². The Balaban J connectivity index is 1.05. The zero-order chi connectivity index (χ0) is 39.6. The summed E-state index contributed by atoms with van der Waals surface area (Å²) >= 11 is 3.73. The molecular weight excluding hydrogens is 799 g/mol. The second-order valence-corrected chi connectivity index (χ2v) is 21.5. The van der Waals surface area contributed by atoms with E-state index in [-0.39, 0.29) is 36.0 Å². The smallest absolute Gasteiger partial charge is 0.264 e. The van der Waals surface area contributed by atoms with Gasteiger partial charge in [0.2, 0.25) is 0 Å². The number of aliphatic hydroxyl groups excluding tert-OH is 1. The Kier molecular flexibility index (Phi) is 9.42. The van der Waals surface area contributed by atoms with Crippen LogP contribution in [0.4, 0.5) is 17.1 Å². The number of halogens is 1. The van der Waals surface area contributed by atoms with Gasteiger partial charge in [0.15, 0.2) is 5.60 Å². The molecule has 1 saturated heterocycles. The van der Waals surface area contributed by atoms with Crippen molar-refractivity contribution in [1.82, 2.24) is 15.0 Å². The molecule has 1 N–H and O–H groups in total. The van der Waals surface area contributed by atoms with Gasteiger partial charge in [0.05, 0.1) is 50.5 Å². The molecule has 1 spiro atoms. The molecule has 0 radical (unpaired) electrons. The van der Waals surface area contributed by atoms with Crippen molar-refractivity contribution >= 4 is 68.8 Å². The summed E-state index contributed by atoms with van der Waals surface area (Å²) in [5, 5.41) is 21.3. The molecule has 57 heavy (non-hydrogen) atoms. The summed E-state index contributed by atoms with van der Waals surface area (Å²) in [6, 6.07) is 34.3. The number of anilines is 3. The summed E-state index contributed by atoms with van der Waals surface area (Å²) in [6.07, 6.45) is 2.71. The summed E-state index contributed by atoms with van der Waals surface area (Å²) in [4.78, 5) is 32.6. The fourth-order valence-corrected chi connectivity index (χ4v) is 14.2. The van der Waals surface area contributed by atoms with Crippen molar-refractivity contribution in [2.75, 3.05) is 23.5 Å². The molecule has 5 aromatic carbocycles. The van der Waals surface area contributed by atoms with Gasteiger partial charge >= 0.3 is 0 Å². The first-order chi connectivity index (χ1) is 27.5. The highest BCUT2D eigenvalue weighted by Crippen LogP contribution is 2.60. The largest absolute Gasteiger partial charge is 0.497 e. The van der Waals surface area contributed by atoms with Crippen LogP contribution in [-0.4, -0.2) is 59.8 Å². The third-order valence-electron chi connectivity index (χ3n) is 12.5. The molecular formula is C45H44BrN5O5Si. The van der Waals surface area contributed by atoms with Crippen molar-refractivity contribution in [2.45, 2.75) is 63.2 Å². The first-order valence-electron chi connectivity index (χ1n) is 19.4. The van der Waals surface area contributed by atoms with Crippen molar-refractivity contribution in [2.24, 2.45) is 5.92 Å². The number of aliphatic hydroxyl groups is 1. The first kappa shape index (κ1) is 37.4. The predicted molar refractivity (Wildman–Crippen MR) is 227 cm³/mol. The van der Waals surface area contributed by atoms with E-state index in [0.717, 1.165) is 54.9 Å². The van der Waals surface area contributed by atoms with Crippen molar-refractivity contribution in [3.8, 4) is 5.75 Å². The predicted octanol–water partition coefficient (Wildman–Crippen LogP) is 7.88. The lowest BCUT2D eigenvalue weighted by molar-refractivity contribution is -0.146. The SMILES string of the molecule is COc1ccc([Si](C)(C)[C@H]2[C@H](CCn3cc(CCO)nn3)O[C@@]3(C(=O)N(Cc4ccc(N5C(=O)c6cccc7cccc5c67)cc4)c4ccc(Br)cc43)[C@@H]2C)cc1. The average molecular weight is 843 g/mol. The second-order valence-electron chi connectivity index (χ2n) is 15.9. The summed E-state index contributed by atoms with van der Waals surface area (Å²) in [5.74, 6) is 0.533. The van der Waals surface area contributed by atoms with Gasteiger partial charge in [-0.15, -0.1) is 5.10 Å². The van der Waals surface area contributed by atoms with E-state index in [9.17, 15) is 9.90 Å². The molecule has 0 aliphatic carbocycles. The van der Waals surface area contributed by atoms with E-state index in [4.69, 9.17) is 9.47 Å². The first-order valence-corrected chi connectivity index (χ1v) is 23.3. The van der Waals surface area contributed by atoms with Crippen LogP contribution < -0.4 is 19.7 Å². The number of nitrogens with zero attached hydrogens (tertiary/aromatic N) is 5. The number of aromatic nitrogens is 3. The number of methoxy groups -OCH3 is 1. The number of hydrogen-bond acceptors (Lipinski definition) is 7. The van der Waals surface area contributed by atoms with E-state index < -0.39 is 13.7 Å². The molecule has 1 aromatic heterocycles. The van der Waals surface area contributed by atoms with Gasteiger partial charge in [0.25, 0.3) is 11.8 Å². The average Bonchev–Trinajstić information content (AvgIpc) is 3.94. The van der Waals surface area contributed by atoms with Crippen LogP contribution >= 0.6 is 15.9 Å². The van der Waals surface area contributed by atoms with Crippen molar-refractivity contribution in [3.63, 3.8) is 0 Å². The molecule has 4 heterocycles. The Morgan fingerprint density at radius 2 is 1.70 bits per heavy atom. The molecule has 1 fully saturated rings. The summed E-state index contributed by atoms with van der Waals surface area (Å²) in [6.45, 7) is 7.87. The lowest BCUT2D eigenvalue weighted by Gasteiger charge is -2.37. The molecule has 290 valence electrons. The second kappa shape index (κ2) is 14.4. The van der Waals surface area contributed by atoms with Gasteiger partial charge in [-0.1, -0.05) is 94.9 Å². The van der Waals surface area contributed by atoms with Gasteiger partial charge < -0.3 is 19.5 Å². The fourth-order valence-electron chi connectivity index (χ4n) is 9.75. The summed E-state index contributed by atoms with van der Waals surface area (Å²) < 4.78 is 15.5. The van der Waals surface area contributed by atoms with Gasteiger partial charge in [-0.2, -0.15) is 0 Å². The highest BCUT2D eigenvalue weighted by atomic mass is 79.9. The Morgan fingerprint density at radius 3 is 2.44 bits per heavy atom. The van der Waals surface area contributed by atoms with E-state index in [1.807, 2.05) is 101 Å². The number of aryl methyl sites for hydroxylation is 1. The number of benzene rings is 5. The molecule has 0 saturated carbocycles. The van der Waals surface area contributed by atoms with E-state index in [0.29, 0.717) is 31.5 Å². The van der Waals surface area contributed by atoms with E-state index in [1.54, 1.807) is 12.0 Å². The maximum atomic E-state index is 15.3. The number of carbonyl (C=O) groups excluding carboxylic acids is 2. The highest BCUT2D eigenvalue weighted by molar-refractivity contribution is 9.10. The minimum atomic E-state index is -2.35. The molecule has 0 bridgehead atoms. The van der Waals surface area contributed by atoms with Crippen LogP contribution in [0.3, 0.4) is 0 Å². The zero-order valence-corrected chi connectivity index (χ0v) is 34.9. The zero-order valence-electron chi connectivity index (χ0n) is 32.4. The van der Waals surface area contributed by atoms with E-state index >= 15 is 4.79 Å². The number of ether oxygens (including phenoxy) is 2. The third kappa shape index (κ3) is 6.03. The standard InChI is InChI=1S/C45H44BrN5O5Si/c1-28-42(57(3,4)35-18-16-34(55-2)17-19-35)40(21-23-49-27-32(22-24-52)47-48-49)56-45(28)37-25-31(46)13-20-38(37)50(44(45)54)26-29-11-14-33(15-12-29)51-39-10-6-8-30-7-5-9-36(41(30)39)43(51)53/h5-20,25,27-28,40,42,52H,21-24,26H2,1-4H3/t28-,40+,42-,45+/m1/s1. The molecule has 3 aliphatic rings. The maximum absolute atomic E-state index is 15.3. The lowest BCUT2D eigenvalue weighted by atomic mass is 9.82. The normalized spacial score (nSPS) is 21.3. The Hall–Kier alpha value is -5.14. The van der Waals surface area contributed by atoms with Crippen LogP contribution in [0.25, 0.3) is 10.8 Å². The Labute approximate surface area is 341 Å². The number of rotatable bonds is 11. The quantitative estimate of drug-likeness (QED) is 0.132. The number of amides is 2. The van der Waals surface area contributed by atoms with Gasteiger partial charge in [-0.25, -0.2) is 0 Å². The number of hydrogen-bond donors (Lipinski definition) is 1. The van der Waals surface area contributed by atoms with Crippen molar-refractivity contribution < 1.29 is 24.2 Å². The number of fused-ring (bicyclic) bond motifs is 2. The molecule has 3 aliphatic heterocycles. The van der Waals surface area contributed by atoms with Crippen molar-refractivity contribution in [3.05, 3.63) is 136 Å². The summed E-state index contributed by atoms with van der Waals surface area (Å²) in [5.41, 5.74) is 4.61. The molecule has 0 unspecified atom stereocenters. The van der Waals surface area contributed by atoms with Gasteiger partial charge in [0, 0.05) is 52.8 Å². The maximum Gasteiger partial charge on any atom is 0.264 e. The molecule has 4 atom stereocenters. The van der Waals surface area contributed by atoms with Gasteiger partial charge in [-0.3, -0.25) is 19.2 Å². The van der Waals surface area contributed by atoms with Gasteiger partial charge in [0.1, 0.15) is 5.75 Å². The minimum absolute atomic E-state index is 0.00960. The lowest BCUT2D eigenvalue weighted by Crippen LogP contribution is -2.51. The Bertz CT molecular complexity index is 2520. The van der Waals surface area contributed by atoms with Gasteiger partial charge in [-0.05, 0) is 77.5 Å². The fraction of sp³-hybridized carbons (Fsp3) is 0.289. The van der Waals surface area contributed by atoms with Crippen molar-refractivity contribution in [1.29, 1.82) is 0 Å². The molecule has 12 heteroatoms. The monoisotopic (exact) mass is 841 g/mol. The van der Waals surface area contributed by atoms with Crippen LogP contribution in [-0.2, 0) is 34.6 Å². The molecule has 9 rings (SSSR count). The minimum Gasteiger partial charge on any atom is -0.497 e. The highest BCUT2D eigenvalue weighted by Gasteiger charge is 2.66. The van der Waals surface area contributed by atoms with Crippen LogP contribution in [0.5, 0.6) is 5.75 Å².